The van der Waals surface area contributed by atoms with E-state index in [-0.39, 0.29) is 42.1 Å². The molecule has 126 valence electrons. The minimum Gasteiger partial charge on any atom is -0.656 e. The van der Waals surface area contributed by atoms with Gasteiger partial charge in [-0.3, -0.25) is 0 Å². The van der Waals surface area contributed by atoms with E-state index in [1.165, 1.54) is 27.8 Å². The summed E-state index contributed by atoms with van der Waals surface area (Å²) in [4.78, 5) is 5.22. The second kappa shape index (κ2) is 8.14. The fraction of sp³-hybridized carbons (Fsp3) is 0.286. The topological polar surface area (TPSA) is 14.1 Å². The van der Waals surface area contributed by atoms with Crippen LogP contribution in [0.4, 0.5) is 0 Å². The Labute approximate surface area is 165 Å². The van der Waals surface area contributed by atoms with Crippen LogP contribution in [0.3, 0.4) is 0 Å². The molecule has 2 aliphatic rings. The molecule has 1 aromatic carbocycles. The van der Waals surface area contributed by atoms with E-state index < -0.39 is 8.24 Å². The summed E-state index contributed by atoms with van der Waals surface area (Å²) in [5.74, 6) is 1.37. The Bertz CT molecular complexity index is 663. The number of hydrogen-bond donors (Lipinski definition) is 0. The third-order valence-corrected chi connectivity index (χ3v) is 6.90. The van der Waals surface area contributed by atoms with Gasteiger partial charge in [0.25, 0.3) is 0 Å². The van der Waals surface area contributed by atoms with E-state index in [4.69, 9.17) is 4.98 Å². The molecule has 0 amide bonds. The molecule has 0 aliphatic heterocycles. The molecule has 2 radical (unpaired) electrons. The third kappa shape index (κ3) is 4.29. The van der Waals surface area contributed by atoms with Gasteiger partial charge < -0.3 is 19.8 Å². The average Bonchev–Trinajstić information content (AvgIpc) is 2.71. The number of allylic oxidation sites excluding steroid dienone is 5. The molecule has 0 heterocycles. The zero-order chi connectivity index (χ0) is 15.3. The van der Waals surface area contributed by atoms with Crippen molar-refractivity contribution < 1.29 is 21.7 Å². The van der Waals surface area contributed by atoms with Crippen LogP contribution in [0.5, 0.6) is 0 Å². The molecule has 0 atom stereocenters. The molecule has 0 saturated heterocycles. The normalized spacial score (nSPS) is 15.9. The fourth-order valence-electron chi connectivity index (χ4n) is 3.57. The number of fused-ring (bicyclic) bond motifs is 3. The van der Waals surface area contributed by atoms with E-state index in [1.807, 2.05) is 0 Å². The molecule has 3 heteroatoms. The minimum absolute atomic E-state index is 0. The summed E-state index contributed by atoms with van der Waals surface area (Å²) < 4.78 is 0. The summed E-state index contributed by atoms with van der Waals surface area (Å²) in [6.45, 7) is 11.3. The van der Waals surface area contributed by atoms with Gasteiger partial charge in [0.05, 0.1) is 5.92 Å². The molecule has 0 N–H and O–H groups in total. The van der Waals surface area contributed by atoms with Crippen LogP contribution in [0.25, 0.3) is 10.2 Å². The average molecular weight is 371 g/mol. The quantitative estimate of drug-likeness (QED) is 0.427. The van der Waals surface area contributed by atoms with Crippen LogP contribution in [0.2, 0.25) is 13.1 Å². The van der Waals surface area contributed by atoms with Crippen LogP contribution in [-0.2, 0) is 21.7 Å². The monoisotopic (exact) mass is 371 g/mol. The van der Waals surface area contributed by atoms with Crippen molar-refractivity contribution in [2.75, 3.05) is 0 Å². The van der Waals surface area contributed by atoms with Gasteiger partial charge in [-0.1, -0.05) is 87.6 Å². The molecule has 2 aliphatic carbocycles. The molecule has 0 spiro atoms. The summed E-state index contributed by atoms with van der Waals surface area (Å²) in [7, 11) is -1.87. The Morgan fingerprint density at radius 2 is 1.42 bits per heavy atom. The Balaban J connectivity index is 0.00000176. The molecule has 0 unspecified atom stereocenters. The van der Waals surface area contributed by atoms with Crippen molar-refractivity contribution in [2.24, 2.45) is 0 Å². The molecule has 0 bridgehead atoms. The number of nitrogens with zero attached hydrogens (tertiary/aromatic N) is 1. The van der Waals surface area contributed by atoms with E-state index >= 15 is 0 Å². The first kappa shape index (κ1) is 23.3. The van der Waals surface area contributed by atoms with Gasteiger partial charge in [0.1, 0.15) is 0 Å². The van der Waals surface area contributed by atoms with Crippen LogP contribution in [0.15, 0.2) is 54.1 Å². The molecule has 1 aromatic rings. The van der Waals surface area contributed by atoms with Crippen LogP contribution in [0, 0.1) is 20.8 Å². The maximum absolute atomic E-state index is 5.22. The maximum atomic E-state index is 5.22. The summed E-state index contributed by atoms with van der Waals surface area (Å²) >= 11 is 0. The van der Waals surface area contributed by atoms with Crippen LogP contribution >= 0.6 is 0 Å². The first-order valence-corrected chi connectivity index (χ1v) is 10.5. The summed E-state index contributed by atoms with van der Waals surface area (Å²) in [6, 6.07) is 8.78. The summed E-state index contributed by atoms with van der Waals surface area (Å²) in [5.41, 5.74) is 4.16. The van der Waals surface area contributed by atoms with E-state index in [0.29, 0.717) is 0 Å². The second-order valence-electron chi connectivity index (χ2n) is 7.31. The van der Waals surface area contributed by atoms with Gasteiger partial charge in [-0.25, -0.2) is 0 Å². The fourth-order valence-corrected chi connectivity index (χ4v) is 7.11. The zero-order valence-corrected chi connectivity index (χ0v) is 18.6. The molecule has 3 rings (SSSR count). The standard InChI is InChI=1S/C19H23NSi.2CH3.Ti/c1-19(2,3)20-21(4,5)18-16-12-8-6-10-14(16)15-11-7-9-13-17(15)18;;;/h6-13H,1-5H3;2*1H3;/q3*-1;+3. The van der Waals surface area contributed by atoms with Gasteiger partial charge in [0, 0.05) is 0 Å². The predicted molar refractivity (Wildman–Crippen MR) is 107 cm³/mol. The summed E-state index contributed by atoms with van der Waals surface area (Å²) in [6.07, 6.45) is 8.78. The molecule has 0 fully saturated rings. The molecule has 24 heavy (non-hydrogen) atoms. The SMILES string of the molecule is CC(C)(C)[N-][Si](C)(C)C1=C2C=CC=C[C]2c2ccccc21.[CH3-].[CH3-].[Ti+3]. The van der Waals surface area contributed by atoms with Crippen molar-refractivity contribution in [3.05, 3.63) is 91.0 Å². The summed E-state index contributed by atoms with van der Waals surface area (Å²) in [5, 5.41) is 1.49. The third-order valence-electron chi connectivity index (χ3n) is 3.91. The molecule has 1 nitrogen and oxygen atoms in total. The smallest absolute Gasteiger partial charge is 0.656 e. The van der Waals surface area contributed by atoms with Crippen LogP contribution in [0.1, 0.15) is 31.9 Å². The van der Waals surface area contributed by atoms with Crippen LogP contribution < -0.4 is 0 Å². The first-order valence-electron chi connectivity index (χ1n) is 7.60. The molecule has 0 aromatic heterocycles. The first-order chi connectivity index (χ1) is 9.80. The van der Waals surface area contributed by atoms with Gasteiger partial charge in [-0.2, -0.15) is 0 Å². The van der Waals surface area contributed by atoms with Gasteiger partial charge in [-0.05, 0) is 24.9 Å². The van der Waals surface area contributed by atoms with E-state index in [1.54, 1.807) is 0 Å². The number of benzene rings is 1. The van der Waals surface area contributed by atoms with E-state index in [0.717, 1.165) is 0 Å². The molecule has 0 saturated carbocycles. The maximum Gasteiger partial charge on any atom is 3.00 e. The van der Waals surface area contributed by atoms with Crippen molar-refractivity contribution in [2.45, 2.75) is 39.4 Å². The van der Waals surface area contributed by atoms with Gasteiger partial charge >= 0.3 is 21.7 Å². The minimum atomic E-state index is -1.87. The molecular weight excluding hydrogens is 342 g/mol. The Hall–Kier alpha value is -0.669. The van der Waals surface area contributed by atoms with E-state index in [2.05, 4.69) is 82.4 Å². The van der Waals surface area contributed by atoms with Gasteiger partial charge in [0.2, 0.25) is 0 Å². The van der Waals surface area contributed by atoms with Crippen molar-refractivity contribution in [1.82, 2.24) is 0 Å². The van der Waals surface area contributed by atoms with Gasteiger partial charge in [-0.15, -0.1) is 5.54 Å². The van der Waals surface area contributed by atoms with Crippen LogP contribution in [-0.4, -0.2) is 13.8 Å². The number of hydrogen-bond acceptors (Lipinski definition) is 0. The van der Waals surface area contributed by atoms with Gasteiger partial charge in [0.15, 0.2) is 0 Å². The van der Waals surface area contributed by atoms with Crippen molar-refractivity contribution >= 4 is 13.4 Å². The Kier molecular flexibility index (Phi) is 7.91. The van der Waals surface area contributed by atoms with Crippen molar-refractivity contribution in [1.29, 1.82) is 0 Å². The van der Waals surface area contributed by atoms with Crippen molar-refractivity contribution in [3.63, 3.8) is 0 Å². The van der Waals surface area contributed by atoms with Crippen molar-refractivity contribution in [3.8, 4) is 0 Å². The Morgan fingerprint density at radius 3 is 2.00 bits per heavy atom. The molecular formula is C21H29NSiTi. The second-order valence-corrected chi connectivity index (χ2v) is 11.1. The predicted octanol–water partition coefficient (Wildman–Crippen LogP) is 6.32. The Morgan fingerprint density at radius 1 is 0.875 bits per heavy atom. The van der Waals surface area contributed by atoms with E-state index in [9.17, 15) is 0 Å². The number of rotatable bonds is 2. The zero-order valence-electron chi connectivity index (χ0n) is 16.1. The largest absolute Gasteiger partial charge is 3.00 e.